The molecule has 4 nitrogen and oxygen atoms in total. The van der Waals surface area contributed by atoms with Crippen molar-refractivity contribution in [2.75, 3.05) is 13.7 Å². The Morgan fingerprint density at radius 1 is 1.33 bits per heavy atom. The van der Waals surface area contributed by atoms with Crippen LogP contribution in [0.4, 0.5) is 0 Å². The molecule has 1 heterocycles. The number of piperidine rings is 1. The van der Waals surface area contributed by atoms with Gasteiger partial charge in [-0.15, -0.1) is 12.4 Å². The van der Waals surface area contributed by atoms with Crippen molar-refractivity contribution in [3.05, 3.63) is 29.8 Å². The molecule has 2 fully saturated rings. The molecule has 0 spiro atoms. The van der Waals surface area contributed by atoms with E-state index >= 15 is 0 Å². The van der Waals surface area contributed by atoms with Crippen molar-refractivity contribution >= 4 is 18.3 Å². The van der Waals surface area contributed by atoms with Crippen LogP contribution in [0.2, 0.25) is 0 Å². The summed E-state index contributed by atoms with van der Waals surface area (Å²) in [5.74, 6) is 1.04. The van der Waals surface area contributed by atoms with Crippen molar-refractivity contribution in [1.82, 2.24) is 10.6 Å². The van der Waals surface area contributed by atoms with Gasteiger partial charge in [-0.1, -0.05) is 25.0 Å². The first-order valence-corrected chi connectivity index (χ1v) is 8.83. The van der Waals surface area contributed by atoms with Crippen LogP contribution in [0.5, 0.6) is 5.75 Å². The third-order valence-corrected chi connectivity index (χ3v) is 5.47. The Labute approximate surface area is 151 Å². The lowest BCUT2D eigenvalue weighted by Gasteiger charge is -2.34. The lowest BCUT2D eigenvalue weighted by molar-refractivity contribution is -0.127. The van der Waals surface area contributed by atoms with Gasteiger partial charge < -0.3 is 15.4 Å². The number of carbonyl (C=O) groups is 1. The number of methoxy groups -OCH3 is 1. The highest BCUT2D eigenvalue weighted by molar-refractivity contribution is 5.89. The molecule has 1 amide bonds. The van der Waals surface area contributed by atoms with Gasteiger partial charge in [0, 0.05) is 12.1 Å². The number of hydrogen-bond acceptors (Lipinski definition) is 3. The molecular formula is C19H29ClN2O2. The molecular weight excluding hydrogens is 324 g/mol. The Hall–Kier alpha value is -1.26. The number of halogens is 1. The Kier molecular flexibility index (Phi) is 6.53. The standard InChI is InChI=1S/C19H28N2O2.ClH/c1-14-12-16(8-11-20-14)21-18(22)19(9-3-4-10-19)15-6-5-7-17(13-15)23-2;/h5-7,13-14,16,20H,3-4,8-12H2,1-2H3,(H,21,22);1H. The van der Waals surface area contributed by atoms with E-state index < -0.39 is 0 Å². The molecule has 134 valence electrons. The average molecular weight is 353 g/mol. The van der Waals surface area contributed by atoms with Gasteiger partial charge in [0.1, 0.15) is 5.75 Å². The van der Waals surface area contributed by atoms with Gasteiger partial charge in [-0.3, -0.25) is 4.79 Å². The van der Waals surface area contributed by atoms with Crippen molar-refractivity contribution in [1.29, 1.82) is 0 Å². The highest BCUT2D eigenvalue weighted by atomic mass is 35.5. The molecule has 1 aliphatic carbocycles. The topological polar surface area (TPSA) is 50.4 Å². The van der Waals surface area contributed by atoms with Crippen LogP contribution < -0.4 is 15.4 Å². The summed E-state index contributed by atoms with van der Waals surface area (Å²) in [6, 6.07) is 8.83. The number of rotatable bonds is 4. The Bertz CT molecular complexity index is 558. The second kappa shape index (κ2) is 8.21. The largest absolute Gasteiger partial charge is 0.497 e. The Morgan fingerprint density at radius 3 is 2.75 bits per heavy atom. The van der Waals surface area contributed by atoms with Crippen LogP contribution in [0, 0.1) is 0 Å². The summed E-state index contributed by atoms with van der Waals surface area (Å²) in [6.07, 6.45) is 6.14. The summed E-state index contributed by atoms with van der Waals surface area (Å²) in [5.41, 5.74) is 0.733. The van der Waals surface area contributed by atoms with E-state index in [1.54, 1.807) is 7.11 Å². The predicted octanol–water partition coefficient (Wildman–Crippen LogP) is 3.19. The normalized spacial score (nSPS) is 25.6. The Morgan fingerprint density at radius 2 is 2.08 bits per heavy atom. The summed E-state index contributed by atoms with van der Waals surface area (Å²) in [4.78, 5) is 13.2. The van der Waals surface area contributed by atoms with Gasteiger partial charge in [0.25, 0.3) is 0 Å². The van der Waals surface area contributed by atoms with Gasteiger partial charge in [-0.2, -0.15) is 0 Å². The summed E-state index contributed by atoms with van der Waals surface area (Å²) < 4.78 is 5.36. The van der Waals surface area contributed by atoms with Crippen molar-refractivity contribution in [3.8, 4) is 5.75 Å². The molecule has 24 heavy (non-hydrogen) atoms. The lowest BCUT2D eigenvalue weighted by atomic mass is 9.77. The molecule has 3 rings (SSSR count). The summed E-state index contributed by atoms with van der Waals surface area (Å²) in [5, 5.41) is 6.79. The van der Waals surface area contributed by atoms with Crippen LogP contribution in [0.1, 0.15) is 51.0 Å². The van der Waals surface area contributed by atoms with Crippen molar-refractivity contribution in [2.24, 2.45) is 0 Å². The van der Waals surface area contributed by atoms with Gasteiger partial charge in [0.05, 0.1) is 12.5 Å². The van der Waals surface area contributed by atoms with Gasteiger partial charge in [0.2, 0.25) is 5.91 Å². The van der Waals surface area contributed by atoms with Crippen LogP contribution in [-0.2, 0) is 10.2 Å². The van der Waals surface area contributed by atoms with E-state index in [4.69, 9.17) is 4.74 Å². The van der Waals surface area contributed by atoms with E-state index in [9.17, 15) is 4.79 Å². The monoisotopic (exact) mass is 352 g/mol. The molecule has 1 saturated heterocycles. The SMILES string of the molecule is COc1cccc(C2(C(=O)NC3CCNC(C)C3)CCCC2)c1.Cl. The number of carbonyl (C=O) groups excluding carboxylic acids is 1. The fourth-order valence-corrected chi connectivity index (χ4v) is 4.13. The van der Waals surface area contributed by atoms with Crippen LogP contribution in [-0.4, -0.2) is 31.6 Å². The minimum Gasteiger partial charge on any atom is -0.497 e. The van der Waals surface area contributed by atoms with Gasteiger partial charge in [-0.25, -0.2) is 0 Å². The van der Waals surface area contributed by atoms with Crippen LogP contribution in [0.15, 0.2) is 24.3 Å². The molecule has 5 heteroatoms. The van der Waals surface area contributed by atoms with E-state index in [-0.39, 0.29) is 23.7 Å². The fraction of sp³-hybridized carbons (Fsp3) is 0.632. The Balaban J connectivity index is 0.00000208. The number of hydrogen-bond donors (Lipinski definition) is 2. The maximum absolute atomic E-state index is 13.2. The second-order valence-electron chi connectivity index (χ2n) is 7.07. The molecule has 0 aromatic heterocycles. The number of amides is 1. The average Bonchev–Trinajstić information content (AvgIpc) is 3.06. The van der Waals surface area contributed by atoms with Gasteiger partial charge in [-0.05, 0) is 56.8 Å². The zero-order chi connectivity index (χ0) is 16.3. The van der Waals surface area contributed by atoms with Crippen molar-refractivity contribution in [2.45, 2.75) is 62.9 Å². The second-order valence-corrected chi connectivity index (χ2v) is 7.07. The molecule has 0 radical (unpaired) electrons. The molecule has 2 atom stereocenters. The number of benzene rings is 1. The maximum atomic E-state index is 13.2. The predicted molar refractivity (Wildman–Crippen MR) is 99.0 cm³/mol. The van der Waals surface area contributed by atoms with E-state index in [1.165, 1.54) is 0 Å². The highest BCUT2D eigenvalue weighted by Gasteiger charge is 2.43. The van der Waals surface area contributed by atoms with Crippen LogP contribution in [0.3, 0.4) is 0 Å². The number of ether oxygens (including phenoxy) is 1. The minimum atomic E-state index is -0.372. The van der Waals surface area contributed by atoms with E-state index in [2.05, 4.69) is 23.6 Å². The summed E-state index contributed by atoms with van der Waals surface area (Å²) in [6.45, 7) is 3.17. The molecule has 1 aromatic rings. The molecule has 1 aliphatic heterocycles. The molecule has 2 unspecified atom stereocenters. The van der Waals surface area contributed by atoms with E-state index in [0.717, 1.165) is 56.4 Å². The molecule has 2 aliphatic rings. The highest BCUT2D eigenvalue weighted by Crippen LogP contribution is 2.42. The third-order valence-electron chi connectivity index (χ3n) is 5.47. The zero-order valence-corrected chi connectivity index (χ0v) is 15.5. The molecule has 2 N–H and O–H groups in total. The van der Waals surface area contributed by atoms with E-state index in [0.29, 0.717) is 12.1 Å². The fourth-order valence-electron chi connectivity index (χ4n) is 4.13. The molecule has 0 bridgehead atoms. The van der Waals surface area contributed by atoms with E-state index in [1.807, 2.05) is 18.2 Å². The first kappa shape index (κ1) is 19.1. The van der Waals surface area contributed by atoms with Crippen molar-refractivity contribution < 1.29 is 9.53 Å². The first-order chi connectivity index (χ1) is 11.1. The first-order valence-electron chi connectivity index (χ1n) is 8.83. The summed E-state index contributed by atoms with van der Waals surface area (Å²) >= 11 is 0. The van der Waals surface area contributed by atoms with Gasteiger partial charge in [0.15, 0.2) is 0 Å². The molecule has 1 aromatic carbocycles. The summed E-state index contributed by atoms with van der Waals surface area (Å²) in [7, 11) is 1.68. The minimum absolute atomic E-state index is 0. The van der Waals surface area contributed by atoms with Crippen LogP contribution >= 0.6 is 12.4 Å². The van der Waals surface area contributed by atoms with Crippen molar-refractivity contribution in [3.63, 3.8) is 0 Å². The lowest BCUT2D eigenvalue weighted by Crippen LogP contribution is -2.51. The molecule has 1 saturated carbocycles. The quantitative estimate of drug-likeness (QED) is 0.875. The third kappa shape index (κ3) is 3.86. The number of nitrogens with one attached hydrogen (secondary N) is 2. The zero-order valence-electron chi connectivity index (χ0n) is 14.6. The van der Waals surface area contributed by atoms with Crippen LogP contribution in [0.25, 0.3) is 0 Å². The smallest absolute Gasteiger partial charge is 0.230 e. The maximum Gasteiger partial charge on any atom is 0.230 e. The van der Waals surface area contributed by atoms with Gasteiger partial charge >= 0.3 is 0 Å².